The Morgan fingerprint density at radius 3 is 2.59 bits per heavy atom. The number of benzene rings is 1. The van der Waals surface area contributed by atoms with Gasteiger partial charge in [0.1, 0.15) is 12.0 Å². The molecule has 27 heavy (non-hydrogen) atoms. The number of allylic oxidation sites excluding steroid dienone is 1. The van der Waals surface area contributed by atoms with Crippen LogP contribution in [0.5, 0.6) is 0 Å². The molecule has 3 aliphatic rings. The maximum absolute atomic E-state index is 13.5. The van der Waals surface area contributed by atoms with Crippen LogP contribution >= 0.6 is 0 Å². The Morgan fingerprint density at radius 2 is 1.85 bits per heavy atom. The molecule has 1 fully saturated rings. The van der Waals surface area contributed by atoms with Crippen molar-refractivity contribution < 1.29 is 13.2 Å². The first-order valence-electron chi connectivity index (χ1n) is 9.93. The Hall–Kier alpha value is -1.98. The van der Waals surface area contributed by atoms with Gasteiger partial charge in [-0.1, -0.05) is 24.6 Å². The van der Waals surface area contributed by atoms with Gasteiger partial charge in [0, 0.05) is 22.9 Å². The lowest BCUT2D eigenvalue weighted by molar-refractivity contribution is -0.138. The quantitative estimate of drug-likeness (QED) is 0.749. The predicted octanol–water partition coefficient (Wildman–Crippen LogP) is 5.31. The topological polar surface area (TPSA) is 36.4 Å². The van der Waals surface area contributed by atoms with E-state index in [1.165, 1.54) is 30.5 Å². The molecule has 1 heterocycles. The molecule has 0 amide bonds. The Labute approximate surface area is 158 Å². The number of rotatable bonds is 3. The first-order chi connectivity index (χ1) is 12.9. The molecule has 6 heteroatoms. The van der Waals surface area contributed by atoms with Crippen LogP contribution < -0.4 is 10.6 Å². The van der Waals surface area contributed by atoms with E-state index in [2.05, 4.69) is 17.6 Å². The van der Waals surface area contributed by atoms with Crippen LogP contribution in [0.3, 0.4) is 0 Å². The van der Waals surface area contributed by atoms with Crippen LogP contribution in [0.4, 0.5) is 13.2 Å². The number of nitrogens with zero attached hydrogens (tertiary/aromatic N) is 1. The lowest BCUT2D eigenvalue weighted by Crippen LogP contribution is -2.40. The number of alkyl halides is 3. The highest BCUT2D eigenvalue weighted by Crippen LogP contribution is 2.38. The third kappa shape index (κ3) is 3.99. The summed E-state index contributed by atoms with van der Waals surface area (Å²) in [6.07, 6.45) is 2.45. The normalized spacial score (nSPS) is 24.4. The van der Waals surface area contributed by atoms with Crippen molar-refractivity contribution in [2.24, 2.45) is 10.9 Å². The molecule has 1 aliphatic heterocycles. The van der Waals surface area contributed by atoms with Crippen LogP contribution in [-0.4, -0.2) is 11.9 Å². The van der Waals surface area contributed by atoms with E-state index in [4.69, 9.17) is 4.99 Å². The zero-order chi connectivity index (χ0) is 19.0. The van der Waals surface area contributed by atoms with Crippen LogP contribution in [0.1, 0.15) is 69.2 Å². The molecular formula is C21H26F3N3. The summed E-state index contributed by atoms with van der Waals surface area (Å²) in [6, 6.07) is 6.07. The minimum absolute atomic E-state index is 0.194. The van der Waals surface area contributed by atoms with Crippen molar-refractivity contribution in [1.29, 1.82) is 0 Å². The van der Waals surface area contributed by atoms with E-state index in [1.54, 1.807) is 6.07 Å². The summed E-state index contributed by atoms with van der Waals surface area (Å²) in [5.74, 6) is 1.45. The van der Waals surface area contributed by atoms with E-state index in [0.717, 1.165) is 49.7 Å². The fourth-order valence-corrected chi connectivity index (χ4v) is 4.10. The third-order valence-electron chi connectivity index (χ3n) is 5.83. The predicted molar refractivity (Wildman–Crippen MR) is 100 cm³/mol. The number of nitrogens with one attached hydrogen (secondary N) is 2. The van der Waals surface area contributed by atoms with Crippen molar-refractivity contribution in [3.63, 3.8) is 0 Å². The monoisotopic (exact) mass is 377 g/mol. The number of hydrogen-bond acceptors (Lipinski definition) is 3. The molecule has 0 spiro atoms. The largest absolute Gasteiger partial charge is 0.416 e. The molecule has 4 rings (SSSR count). The van der Waals surface area contributed by atoms with E-state index in [1.807, 2.05) is 0 Å². The number of hydrogen-bond donors (Lipinski definition) is 2. The first-order valence-corrected chi connectivity index (χ1v) is 9.93. The van der Waals surface area contributed by atoms with E-state index >= 15 is 0 Å². The summed E-state index contributed by atoms with van der Waals surface area (Å²) >= 11 is 0. The average molecular weight is 377 g/mol. The second-order valence-electron chi connectivity index (χ2n) is 7.90. The van der Waals surface area contributed by atoms with E-state index in [9.17, 15) is 13.2 Å². The Kier molecular flexibility index (Phi) is 4.91. The molecule has 146 valence electrons. The molecule has 2 N–H and O–H groups in total. The molecule has 1 aromatic rings. The molecule has 0 radical (unpaired) electrons. The summed E-state index contributed by atoms with van der Waals surface area (Å²) in [5.41, 5.74) is 1.81. The molecule has 2 unspecified atom stereocenters. The molecule has 2 aliphatic carbocycles. The zero-order valence-electron chi connectivity index (χ0n) is 15.6. The number of amidine groups is 1. The van der Waals surface area contributed by atoms with Gasteiger partial charge >= 0.3 is 6.18 Å². The van der Waals surface area contributed by atoms with Crippen LogP contribution in [0.15, 0.2) is 40.5 Å². The van der Waals surface area contributed by atoms with Gasteiger partial charge in [-0.3, -0.25) is 0 Å². The van der Waals surface area contributed by atoms with Gasteiger partial charge in [0.05, 0.1) is 5.56 Å². The van der Waals surface area contributed by atoms with E-state index in [0.29, 0.717) is 12.0 Å². The molecular weight excluding hydrogens is 351 g/mol. The lowest BCUT2D eigenvalue weighted by atomic mass is 9.99. The fraction of sp³-hybridized carbons (Fsp3) is 0.571. The van der Waals surface area contributed by atoms with E-state index in [-0.39, 0.29) is 5.56 Å². The Morgan fingerprint density at radius 1 is 1.11 bits per heavy atom. The molecule has 1 aromatic carbocycles. The highest BCUT2D eigenvalue weighted by molar-refractivity contribution is 6.00. The van der Waals surface area contributed by atoms with Crippen molar-refractivity contribution in [3.8, 4) is 0 Å². The molecule has 0 saturated heterocycles. The molecule has 1 saturated carbocycles. The van der Waals surface area contributed by atoms with Crippen LogP contribution in [0.25, 0.3) is 0 Å². The zero-order valence-corrected chi connectivity index (χ0v) is 15.6. The fourth-order valence-electron chi connectivity index (χ4n) is 4.10. The van der Waals surface area contributed by atoms with E-state index < -0.39 is 17.9 Å². The van der Waals surface area contributed by atoms with Crippen molar-refractivity contribution in [3.05, 3.63) is 46.7 Å². The van der Waals surface area contributed by atoms with Gasteiger partial charge in [-0.25, -0.2) is 4.99 Å². The van der Waals surface area contributed by atoms with Crippen LogP contribution in [-0.2, 0) is 6.18 Å². The van der Waals surface area contributed by atoms with Gasteiger partial charge in [-0.2, -0.15) is 13.2 Å². The van der Waals surface area contributed by atoms with Crippen molar-refractivity contribution in [2.45, 2.75) is 70.3 Å². The van der Waals surface area contributed by atoms with Crippen LogP contribution in [0, 0.1) is 5.92 Å². The molecule has 3 nitrogen and oxygen atoms in total. The minimum atomic E-state index is -4.39. The third-order valence-corrected chi connectivity index (χ3v) is 5.83. The van der Waals surface area contributed by atoms with Gasteiger partial charge < -0.3 is 10.6 Å². The lowest BCUT2D eigenvalue weighted by Gasteiger charge is -2.31. The Bertz CT molecular complexity index is 762. The highest BCUT2D eigenvalue weighted by Gasteiger charge is 2.37. The second-order valence-corrected chi connectivity index (χ2v) is 7.90. The van der Waals surface area contributed by atoms with Crippen LogP contribution in [0.2, 0.25) is 0 Å². The molecule has 0 aromatic heterocycles. The van der Waals surface area contributed by atoms with Gasteiger partial charge in [0.25, 0.3) is 0 Å². The first kappa shape index (κ1) is 18.4. The summed E-state index contributed by atoms with van der Waals surface area (Å²) in [7, 11) is 0. The molecule has 2 atom stereocenters. The smallest absolute Gasteiger partial charge is 0.367 e. The second kappa shape index (κ2) is 7.21. The van der Waals surface area contributed by atoms with Crippen molar-refractivity contribution in [1.82, 2.24) is 10.6 Å². The summed E-state index contributed by atoms with van der Waals surface area (Å²) < 4.78 is 40.6. The average Bonchev–Trinajstić information content (AvgIpc) is 3.47. The summed E-state index contributed by atoms with van der Waals surface area (Å²) in [5, 5.41) is 6.86. The Balaban J connectivity index is 1.70. The van der Waals surface area contributed by atoms with Crippen molar-refractivity contribution in [2.75, 3.05) is 0 Å². The maximum Gasteiger partial charge on any atom is 0.416 e. The number of aliphatic imine (C=N–C) groups is 1. The minimum Gasteiger partial charge on any atom is -0.367 e. The SMILES string of the molecule is CC(NC1=NC(c2ccccc2C(F)(F)F)NC2=C1CCCCC2)C1CC1. The number of halogens is 3. The maximum atomic E-state index is 13.5. The molecule has 0 bridgehead atoms. The van der Waals surface area contributed by atoms with Gasteiger partial charge in [0.2, 0.25) is 0 Å². The standard InChI is InChI=1S/C21H26F3N3/c1-13(14-11-12-14)25-20-16-8-3-2-4-10-18(16)26-19(27-20)15-7-5-6-9-17(15)21(22,23)24/h5-7,9,13-14,19,26H,2-4,8,10-12H2,1H3,(H,25,27). The van der Waals surface area contributed by atoms with Gasteiger partial charge in [-0.05, 0) is 57.4 Å². The van der Waals surface area contributed by atoms with Gasteiger partial charge in [-0.15, -0.1) is 0 Å². The highest BCUT2D eigenvalue weighted by atomic mass is 19.4. The van der Waals surface area contributed by atoms with Gasteiger partial charge in [0.15, 0.2) is 0 Å². The summed E-state index contributed by atoms with van der Waals surface area (Å²) in [6.45, 7) is 2.15. The summed E-state index contributed by atoms with van der Waals surface area (Å²) in [4.78, 5) is 4.74. The van der Waals surface area contributed by atoms with Crippen molar-refractivity contribution >= 4 is 5.84 Å².